The zero-order valence-electron chi connectivity index (χ0n) is 9.26. The summed E-state index contributed by atoms with van der Waals surface area (Å²) in [6.45, 7) is 4.94. The maximum absolute atomic E-state index is 8.82. The van der Waals surface area contributed by atoms with Gasteiger partial charge in [-0.25, -0.2) is 0 Å². The predicted molar refractivity (Wildman–Crippen MR) is 64.7 cm³/mol. The highest BCUT2D eigenvalue weighted by Gasteiger charge is 1.96. The number of hydrogen-bond acceptors (Lipinski definition) is 2. The summed E-state index contributed by atoms with van der Waals surface area (Å²) in [6, 6.07) is 10.2. The number of aliphatic hydroxyl groups is 1. The molecule has 82 valence electrons. The van der Waals surface area contributed by atoms with Crippen molar-refractivity contribution in [3.05, 3.63) is 42.0 Å². The minimum atomic E-state index is 0.229. The summed E-state index contributed by atoms with van der Waals surface area (Å²) in [6.07, 6.45) is 4.24. The summed E-state index contributed by atoms with van der Waals surface area (Å²) in [7, 11) is 0. The van der Waals surface area contributed by atoms with E-state index in [4.69, 9.17) is 5.11 Å². The van der Waals surface area contributed by atoms with Crippen molar-refractivity contribution in [3.8, 4) is 0 Å². The first-order valence-electron chi connectivity index (χ1n) is 5.41. The van der Waals surface area contributed by atoms with Gasteiger partial charge in [-0.05, 0) is 12.1 Å². The second-order valence-corrected chi connectivity index (χ2v) is 3.43. The molecule has 0 aromatic heterocycles. The van der Waals surface area contributed by atoms with Gasteiger partial charge in [0.25, 0.3) is 0 Å². The number of aliphatic hydroxyl groups excluding tert-OH is 1. The molecule has 2 nitrogen and oxygen atoms in total. The zero-order valence-corrected chi connectivity index (χ0v) is 9.26. The van der Waals surface area contributed by atoms with Crippen LogP contribution in [0.4, 0.5) is 0 Å². The summed E-state index contributed by atoms with van der Waals surface area (Å²) < 4.78 is 0. The lowest BCUT2D eigenvalue weighted by atomic mass is 10.2. The number of nitrogens with zero attached hydrogens (tertiary/aromatic N) is 1. The van der Waals surface area contributed by atoms with Crippen molar-refractivity contribution < 1.29 is 5.11 Å². The highest BCUT2D eigenvalue weighted by Crippen LogP contribution is 2.01. The smallest absolute Gasteiger partial charge is 0.0558 e. The van der Waals surface area contributed by atoms with Crippen LogP contribution in [0.25, 0.3) is 6.08 Å². The van der Waals surface area contributed by atoms with Gasteiger partial charge in [-0.3, -0.25) is 4.90 Å². The molecule has 2 heteroatoms. The lowest BCUT2D eigenvalue weighted by Crippen LogP contribution is -2.26. The van der Waals surface area contributed by atoms with Crippen LogP contribution >= 0.6 is 0 Å². The topological polar surface area (TPSA) is 23.5 Å². The fourth-order valence-electron chi connectivity index (χ4n) is 1.42. The van der Waals surface area contributed by atoms with Crippen LogP contribution in [0.1, 0.15) is 12.5 Å². The largest absolute Gasteiger partial charge is 0.395 e. The highest BCUT2D eigenvalue weighted by atomic mass is 16.3. The third kappa shape index (κ3) is 4.77. The number of benzene rings is 1. The van der Waals surface area contributed by atoms with Crippen molar-refractivity contribution in [1.82, 2.24) is 4.90 Å². The average Bonchev–Trinajstić information content (AvgIpc) is 2.29. The summed E-state index contributed by atoms with van der Waals surface area (Å²) in [5.74, 6) is 0. The molecule has 0 atom stereocenters. The summed E-state index contributed by atoms with van der Waals surface area (Å²) in [4.78, 5) is 2.19. The lowest BCUT2D eigenvalue weighted by molar-refractivity contribution is 0.214. The van der Waals surface area contributed by atoms with E-state index >= 15 is 0 Å². The van der Waals surface area contributed by atoms with Gasteiger partial charge in [-0.2, -0.15) is 0 Å². The number of hydrogen-bond donors (Lipinski definition) is 1. The first kappa shape index (κ1) is 12.0. The van der Waals surface area contributed by atoms with E-state index in [9.17, 15) is 0 Å². The first-order chi connectivity index (χ1) is 7.36. The summed E-state index contributed by atoms with van der Waals surface area (Å²) >= 11 is 0. The number of likely N-dealkylation sites (N-methyl/N-ethyl adjacent to an activating group) is 1. The Hall–Kier alpha value is -1.12. The fraction of sp³-hybridized carbons (Fsp3) is 0.385. The molecule has 0 unspecified atom stereocenters. The van der Waals surface area contributed by atoms with Gasteiger partial charge in [0.15, 0.2) is 0 Å². The Bertz CT molecular complexity index is 282. The molecule has 1 N–H and O–H groups in total. The van der Waals surface area contributed by atoms with Crippen LogP contribution < -0.4 is 0 Å². The molecular weight excluding hydrogens is 186 g/mol. The SMILES string of the molecule is CCN(C/C=C/c1ccccc1)CCO. The van der Waals surface area contributed by atoms with Crippen LogP contribution in [0.2, 0.25) is 0 Å². The van der Waals surface area contributed by atoms with Crippen molar-refractivity contribution in [3.63, 3.8) is 0 Å². The van der Waals surface area contributed by atoms with Gasteiger partial charge in [0, 0.05) is 13.1 Å². The van der Waals surface area contributed by atoms with Crippen LogP contribution in [-0.4, -0.2) is 36.2 Å². The summed E-state index contributed by atoms with van der Waals surface area (Å²) in [5.41, 5.74) is 1.22. The van der Waals surface area contributed by atoms with Crippen LogP contribution in [0.15, 0.2) is 36.4 Å². The van der Waals surface area contributed by atoms with E-state index in [0.29, 0.717) is 0 Å². The Morgan fingerprint density at radius 1 is 1.27 bits per heavy atom. The molecule has 0 bridgehead atoms. The molecule has 0 radical (unpaired) electrons. The molecule has 1 aromatic rings. The molecule has 0 aliphatic carbocycles. The monoisotopic (exact) mass is 205 g/mol. The van der Waals surface area contributed by atoms with Crippen molar-refractivity contribution >= 4 is 6.08 Å². The minimum absolute atomic E-state index is 0.229. The third-order valence-corrected chi connectivity index (χ3v) is 2.34. The number of rotatable bonds is 6. The van der Waals surface area contributed by atoms with Gasteiger partial charge in [0.1, 0.15) is 0 Å². The Morgan fingerprint density at radius 3 is 2.60 bits per heavy atom. The molecular formula is C13H19NO. The third-order valence-electron chi connectivity index (χ3n) is 2.34. The second-order valence-electron chi connectivity index (χ2n) is 3.43. The first-order valence-corrected chi connectivity index (χ1v) is 5.41. The van der Waals surface area contributed by atoms with Gasteiger partial charge in [-0.1, -0.05) is 49.4 Å². The Morgan fingerprint density at radius 2 is 2.00 bits per heavy atom. The van der Waals surface area contributed by atoms with Gasteiger partial charge in [-0.15, -0.1) is 0 Å². The normalized spacial score (nSPS) is 11.4. The molecule has 0 aliphatic heterocycles. The predicted octanol–water partition coefficient (Wildman–Crippen LogP) is 2.01. The van der Waals surface area contributed by atoms with E-state index in [0.717, 1.165) is 19.6 Å². The van der Waals surface area contributed by atoms with E-state index in [1.807, 2.05) is 18.2 Å². The van der Waals surface area contributed by atoms with Crippen molar-refractivity contribution in [1.29, 1.82) is 0 Å². The standard InChI is InChI=1S/C13H19NO/c1-2-14(11-12-15)10-6-9-13-7-4-3-5-8-13/h3-9,15H,2,10-12H2,1H3/b9-6+. The fourth-order valence-corrected chi connectivity index (χ4v) is 1.42. The van der Waals surface area contributed by atoms with Gasteiger partial charge in [0.2, 0.25) is 0 Å². The van der Waals surface area contributed by atoms with E-state index < -0.39 is 0 Å². The lowest BCUT2D eigenvalue weighted by Gasteiger charge is -2.16. The maximum atomic E-state index is 8.82. The molecule has 0 fully saturated rings. The molecule has 0 amide bonds. The molecule has 15 heavy (non-hydrogen) atoms. The molecule has 1 rings (SSSR count). The van der Waals surface area contributed by atoms with Crippen LogP contribution in [0.3, 0.4) is 0 Å². The Kier molecular flexibility index (Phi) is 5.74. The zero-order chi connectivity index (χ0) is 10.9. The minimum Gasteiger partial charge on any atom is -0.395 e. The molecule has 0 saturated carbocycles. The second kappa shape index (κ2) is 7.21. The van der Waals surface area contributed by atoms with Crippen molar-refractivity contribution in [2.75, 3.05) is 26.2 Å². The maximum Gasteiger partial charge on any atom is 0.0558 e. The van der Waals surface area contributed by atoms with Crippen LogP contribution in [0.5, 0.6) is 0 Å². The van der Waals surface area contributed by atoms with Crippen molar-refractivity contribution in [2.24, 2.45) is 0 Å². The quantitative estimate of drug-likeness (QED) is 0.768. The van der Waals surface area contributed by atoms with E-state index in [-0.39, 0.29) is 6.61 Å². The van der Waals surface area contributed by atoms with E-state index in [2.05, 4.69) is 36.1 Å². The van der Waals surface area contributed by atoms with E-state index in [1.165, 1.54) is 5.56 Å². The summed E-state index contributed by atoms with van der Waals surface area (Å²) in [5, 5.41) is 8.82. The van der Waals surface area contributed by atoms with Crippen LogP contribution in [-0.2, 0) is 0 Å². The average molecular weight is 205 g/mol. The Balaban J connectivity index is 2.38. The molecule has 1 aromatic carbocycles. The van der Waals surface area contributed by atoms with E-state index in [1.54, 1.807) is 0 Å². The highest BCUT2D eigenvalue weighted by molar-refractivity contribution is 5.48. The van der Waals surface area contributed by atoms with Gasteiger partial charge >= 0.3 is 0 Å². The molecule has 0 spiro atoms. The van der Waals surface area contributed by atoms with Crippen molar-refractivity contribution in [2.45, 2.75) is 6.92 Å². The van der Waals surface area contributed by atoms with Gasteiger partial charge < -0.3 is 5.11 Å². The molecule has 0 heterocycles. The van der Waals surface area contributed by atoms with Gasteiger partial charge in [0.05, 0.1) is 6.61 Å². The Labute approximate surface area is 91.9 Å². The van der Waals surface area contributed by atoms with Crippen LogP contribution in [0, 0.1) is 0 Å². The molecule has 0 saturated heterocycles. The molecule has 0 aliphatic rings.